The summed E-state index contributed by atoms with van der Waals surface area (Å²) in [6.45, 7) is 2.73. The summed E-state index contributed by atoms with van der Waals surface area (Å²) in [7, 11) is 0. The van der Waals surface area contributed by atoms with E-state index in [4.69, 9.17) is 21.1 Å². The van der Waals surface area contributed by atoms with Gasteiger partial charge in [-0.15, -0.1) is 10.2 Å². The van der Waals surface area contributed by atoms with Crippen LogP contribution in [0.2, 0.25) is 5.15 Å². The summed E-state index contributed by atoms with van der Waals surface area (Å²) in [5.41, 5.74) is 0.974. The van der Waals surface area contributed by atoms with Gasteiger partial charge < -0.3 is 19.3 Å². The molecule has 8 heteroatoms. The Hall–Kier alpha value is -2.38. The Balaban J connectivity index is 1.36. The number of benzene rings is 1. The number of rotatable bonds is 3. The Kier molecular flexibility index (Phi) is 5.40. The maximum absolute atomic E-state index is 12.4. The van der Waals surface area contributed by atoms with Crippen LogP contribution in [0.4, 0.5) is 10.6 Å². The molecule has 2 unspecified atom stereocenters. The molecule has 2 aliphatic rings. The average Bonchev–Trinajstić information content (AvgIpc) is 2.72. The van der Waals surface area contributed by atoms with Crippen molar-refractivity contribution in [1.29, 1.82) is 0 Å². The van der Waals surface area contributed by atoms with E-state index in [-0.39, 0.29) is 24.8 Å². The van der Waals surface area contributed by atoms with E-state index in [0.29, 0.717) is 24.8 Å². The van der Waals surface area contributed by atoms with E-state index < -0.39 is 0 Å². The van der Waals surface area contributed by atoms with Crippen molar-refractivity contribution < 1.29 is 14.3 Å². The molecular formula is C19H21ClN4O3. The molecule has 0 N–H and O–H groups in total. The minimum atomic E-state index is -0.302. The standard InChI is InChI=1S/C19H21ClN4O3/c20-17-6-7-18(22-21-17)24-10-11-26-16-12-23(9-8-15(16)24)19(25)27-13-14-4-2-1-3-5-14/h1-7,15-16H,8-13H2. The molecule has 0 radical (unpaired) electrons. The van der Waals surface area contributed by atoms with Crippen LogP contribution in [0.15, 0.2) is 42.5 Å². The second kappa shape index (κ2) is 8.10. The van der Waals surface area contributed by atoms with Crippen molar-refractivity contribution in [2.45, 2.75) is 25.2 Å². The number of morpholine rings is 1. The Bertz CT molecular complexity index is 774. The molecule has 0 spiro atoms. The highest BCUT2D eigenvalue weighted by molar-refractivity contribution is 6.29. The molecule has 7 nitrogen and oxygen atoms in total. The number of fused-ring (bicyclic) bond motifs is 1. The van der Waals surface area contributed by atoms with Gasteiger partial charge in [-0.3, -0.25) is 0 Å². The van der Waals surface area contributed by atoms with Gasteiger partial charge in [0.2, 0.25) is 0 Å². The van der Waals surface area contributed by atoms with Crippen LogP contribution < -0.4 is 4.90 Å². The molecule has 4 rings (SSSR count). The fraction of sp³-hybridized carbons (Fsp3) is 0.421. The van der Waals surface area contributed by atoms with Gasteiger partial charge in [-0.2, -0.15) is 0 Å². The maximum atomic E-state index is 12.4. The van der Waals surface area contributed by atoms with Crippen molar-refractivity contribution in [2.75, 3.05) is 31.1 Å². The quantitative estimate of drug-likeness (QED) is 0.805. The van der Waals surface area contributed by atoms with Gasteiger partial charge in [-0.25, -0.2) is 4.79 Å². The first-order chi connectivity index (χ1) is 13.2. The van der Waals surface area contributed by atoms with Crippen LogP contribution in [-0.2, 0) is 16.1 Å². The number of carbonyl (C=O) groups is 1. The molecule has 2 fully saturated rings. The monoisotopic (exact) mass is 388 g/mol. The van der Waals surface area contributed by atoms with Gasteiger partial charge in [-0.05, 0) is 24.1 Å². The molecule has 142 valence electrons. The minimum absolute atomic E-state index is 0.0748. The van der Waals surface area contributed by atoms with Crippen molar-refractivity contribution in [1.82, 2.24) is 15.1 Å². The summed E-state index contributed by atoms with van der Waals surface area (Å²) in [4.78, 5) is 16.4. The highest BCUT2D eigenvalue weighted by atomic mass is 35.5. The van der Waals surface area contributed by atoms with Crippen LogP contribution in [0.1, 0.15) is 12.0 Å². The third-order valence-corrected chi connectivity index (χ3v) is 5.17. The van der Waals surface area contributed by atoms with Crippen LogP contribution in [0.3, 0.4) is 0 Å². The number of aromatic nitrogens is 2. The highest BCUT2D eigenvalue weighted by Gasteiger charge is 2.39. The van der Waals surface area contributed by atoms with E-state index >= 15 is 0 Å². The largest absolute Gasteiger partial charge is 0.445 e. The van der Waals surface area contributed by atoms with Crippen LogP contribution in [0.5, 0.6) is 0 Å². The predicted octanol–water partition coefficient (Wildman–Crippen LogP) is 2.75. The molecule has 3 heterocycles. The number of hydrogen-bond acceptors (Lipinski definition) is 6. The van der Waals surface area contributed by atoms with Crippen LogP contribution in [0, 0.1) is 0 Å². The first-order valence-corrected chi connectivity index (χ1v) is 9.41. The number of anilines is 1. The Morgan fingerprint density at radius 1 is 1.19 bits per heavy atom. The minimum Gasteiger partial charge on any atom is -0.445 e. The summed E-state index contributed by atoms with van der Waals surface area (Å²) in [6.07, 6.45) is 0.411. The molecule has 2 saturated heterocycles. The third kappa shape index (κ3) is 4.14. The molecular weight excluding hydrogens is 368 g/mol. The molecule has 0 aliphatic carbocycles. The number of amides is 1. The fourth-order valence-corrected chi connectivity index (χ4v) is 3.72. The fourth-order valence-electron chi connectivity index (χ4n) is 3.62. The zero-order valence-electron chi connectivity index (χ0n) is 14.8. The smallest absolute Gasteiger partial charge is 0.410 e. The number of halogens is 1. The van der Waals surface area contributed by atoms with Crippen LogP contribution in [0.25, 0.3) is 0 Å². The summed E-state index contributed by atoms with van der Waals surface area (Å²) in [5.74, 6) is 0.790. The molecule has 1 amide bonds. The average molecular weight is 389 g/mol. The molecule has 27 heavy (non-hydrogen) atoms. The van der Waals surface area contributed by atoms with E-state index in [2.05, 4.69) is 15.1 Å². The topological polar surface area (TPSA) is 67.8 Å². The molecule has 2 aliphatic heterocycles. The molecule has 1 aromatic carbocycles. The van der Waals surface area contributed by atoms with Crippen LogP contribution in [-0.4, -0.2) is 59.6 Å². The molecule has 0 saturated carbocycles. The van der Waals surface area contributed by atoms with Crippen molar-refractivity contribution in [3.8, 4) is 0 Å². The lowest BCUT2D eigenvalue weighted by molar-refractivity contribution is -0.0336. The van der Waals surface area contributed by atoms with E-state index in [9.17, 15) is 4.79 Å². The third-order valence-electron chi connectivity index (χ3n) is 4.96. The van der Waals surface area contributed by atoms with Crippen molar-refractivity contribution in [3.05, 3.63) is 53.2 Å². The second-order valence-electron chi connectivity index (χ2n) is 6.66. The summed E-state index contributed by atoms with van der Waals surface area (Å²) in [5, 5.41) is 8.50. The summed E-state index contributed by atoms with van der Waals surface area (Å²) in [6, 6.07) is 13.4. The number of nitrogens with zero attached hydrogens (tertiary/aromatic N) is 4. The van der Waals surface area contributed by atoms with Gasteiger partial charge in [-0.1, -0.05) is 41.9 Å². The maximum Gasteiger partial charge on any atom is 0.410 e. The number of carbonyl (C=O) groups excluding carboxylic acids is 1. The lowest BCUT2D eigenvalue weighted by Gasteiger charge is -2.46. The van der Waals surface area contributed by atoms with Crippen molar-refractivity contribution >= 4 is 23.5 Å². The van der Waals surface area contributed by atoms with Crippen molar-refractivity contribution in [3.63, 3.8) is 0 Å². The number of hydrogen-bond donors (Lipinski definition) is 0. The van der Waals surface area contributed by atoms with Gasteiger partial charge in [0.25, 0.3) is 0 Å². The Morgan fingerprint density at radius 3 is 2.81 bits per heavy atom. The van der Waals surface area contributed by atoms with Gasteiger partial charge in [0.1, 0.15) is 6.61 Å². The molecule has 2 aromatic rings. The SMILES string of the molecule is O=C(OCc1ccccc1)N1CCC2C(C1)OCCN2c1ccc(Cl)nn1. The zero-order valence-corrected chi connectivity index (χ0v) is 15.6. The second-order valence-corrected chi connectivity index (χ2v) is 7.05. The number of ether oxygens (including phenoxy) is 2. The summed E-state index contributed by atoms with van der Waals surface area (Å²) < 4.78 is 11.4. The lowest BCUT2D eigenvalue weighted by Crippen LogP contribution is -2.60. The molecule has 1 aromatic heterocycles. The van der Waals surface area contributed by atoms with E-state index in [1.54, 1.807) is 11.0 Å². The molecule has 0 bridgehead atoms. The lowest BCUT2D eigenvalue weighted by atomic mass is 9.98. The highest BCUT2D eigenvalue weighted by Crippen LogP contribution is 2.27. The Morgan fingerprint density at radius 2 is 2.04 bits per heavy atom. The summed E-state index contributed by atoms with van der Waals surface area (Å²) >= 11 is 5.84. The van der Waals surface area contributed by atoms with Gasteiger partial charge in [0.15, 0.2) is 11.0 Å². The van der Waals surface area contributed by atoms with Gasteiger partial charge >= 0.3 is 6.09 Å². The first-order valence-electron chi connectivity index (χ1n) is 9.04. The Labute approximate surface area is 162 Å². The molecule has 2 atom stereocenters. The van der Waals surface area contributed by atoms with Crippen LogP contribution >= 0.6 is 11.6 Å². The zero-order chi connectivity index (χ0) is 18.6. The van der Waals surface area contributed by atoms with E-state index in [1.165, 1.54) is 0 Å². The van der Waals surface area contributed by atoms with Crippen molar-refractivity contribution in [2.24, 2.45) is 0 Å². The van der Waals surface area contributed by atoms with Gasteiger partial charge in [0.05, 0.1) is 25.3 Å². The number of piperidine rings is 1. The van der Waals surface area contributed by atoms with E-state index in [1.807, 2.05) is 36.4 Å². The van der Waals surface area contributed by atoms with Gasteiger partial charge in [0, 0.05) is 13.1 Å². The normalized spacial score (nSPS) is 22.3. The predicted molar refractivity (Wildman–Crippen MR) is 101 cm³/mol. The first kappa shape index (κ1) is 18.0. The van der Waals surface area contributed by atoms with E-state index in [0.717, 1.165) is 24.3 Å². The number of likely N-dealkylation sites (tertiary alicyclic amines) is 1.